The van der Waals surface area contributed by atoms with Gasteiger partial charge >= 0.3 is 5.97 Å². The van der Waals surface area contributed by atoms with Crippen LogP contribution in [0.15, 0.2) is 4.99 Å². The molecule has 0 saturated heterocycles. The van der Waals surface area contributed by atoms with Crippen LogP contribution in [-0.2, 0) is 14.3 Å². The van der Waals surface area contributed by atoms with Crippen molar-refractivity contribution < 1.29 is 14.3 Å². The Morgan fingerprint density at radius 1 is 1.17 bits per heavy atom. The highest BCUT2D eigenvalue weighted by Crippen LogP contribution is 2.28. The van der Waals surface area contributed by atoms with E-state index in [4.69, 9.17) is 9.47 Å². The van der Waals surface area contributed by atoms with Crippen LogP contribution in [0.4, 0.5) is 0 Å². The number of carbonyl (C=O) groups excluding carboxylic acids is 1. The number of ether oxygens (including phenoxy) is 2. The fraction of sp³-hybridized carbons (Fsp3) is 0.882. The maximum atomic E-state index is 11.7. The Bertz CT molecular complexity index is 395. The zero-order valence-corrected chi connectivity index (χ0v) is 17.2. The Kier molecular flexibility index (Phi) is 10.6. The minimum absolute atomic E-state index is 0. The molecule has 7 heteroatoms. The molecule has 0 aliphatic heterocycles. The average Bonchev–Trinajstić information content (AvgIpc) is 3.38. The van der Waals surface area contributed by atoms with E-state index < -0.39 is 0 Å². The molecule has 2 rings (SSSR count). The second-order valence-corrected chi connectivity index (χ2v) is 6.46. The fourth-order valence-corrected chi connectivity index (χ4v) is 2.90. The summed E-state index contributed by atoms with van der Waals surface area (Å²) in [6.07, 6.45) is 6.37. The van der Waals surface area contributed by atoms with Gasteiger partial charge in [-0.15, -0.1) is 24.0 Å². The predicted octanol–water partition coefficient (Wildman–Crippen LogP) is 2.32. The first kappa shape index (κ1) is 21.5. The van der Waals surface area contributed by atoms with Gasteiger partial charge in [0.05, 0.1) is 19.1 Å². The highest BCUT2D eigenvalue weighted by atomic mass is 127. The van der Waals surface area contributed by atoms with Crippen LogP contribution < -0.4 is 10.6 Å². The largest absolute Gasteiger partial charge is 0.466 e. The zero-order valence-electron chi connectivity index (χ0n) is 14.9. The maximum Gasteiger partial charge on any atom is 0.308 e. The number of nitrogens with one attached hydrogen (secondary N) is 2. The Balaban J connectivity index is 0.00000288. The molecule has 2 aliphatic rings. The molecule has 0 aromatic carbocycles. The summed E-state index contributed by atoms with van der Waals surface area (Å²) in [5, 5.41) is 6.73. The number of esters is 1. The van der Waals surface area contributed by atoms with Crippen LogP contribution in [0.1, 0.15) is 45.4 Å². The second kappa shape index (κ2) is 11.9. The average molecular weight is 453 g/mol. The van der Waals surface area contributed by atoms with Crippen molar-refractivity contribution in [2.75, 3.05) is 33.4 Å². The van der Waals surface area contributed by atoms with Gasteiger partial charge < -0.3 is 20.1 Å². The van der Waals surface area contributed by atoms with Crippen LogP contribution >= 0.6 is 24.0 Å². The molecule has 24 heavy (non-hydrogen) atoms. The number of nitrogens with zero attached hydrogens (tertiary/aromatic N) is 1. The summed E-state index contributed by atoms with van der Waals surface area (Å²) >= 11 is 0. The predicted molar refractivity (Wildman–Crippen MR) is 106 cm³/mol. The van der Waals surface area contributed by atoms with Crippen molar-refractivity contribution in [3.8, 4) is 0 Å². The summed E-state index contributed by atoms with van der Waals surface area (Å²) < 4.78 is 10.7. The van der Waals surface area contributed by atoms with Gasteiger partial charge in [0.25, 0.3) is 0 Å². The normalized spacial score (nSPS) is 24.0. The lowest BCUT2D eigenvalue weighted by molar-refractivity contribution is -0.149. The fourth-order valence-electron chi connectivity index (χ4n) is 2.90. The molecular formula is C17H32IN3O3. The van der Waals surface area contributed by atoms with Gasteiger partial charge in [-0.25, -0.2) is 0 Å². The van der Waals surface area contributed by atoms with Gasteiger partial charge in [0.15, 0.2) is 5.96 Å². The van der Waals surface area contributed by atoms with Crippen LogP contribution in [0.25, 0.3) is 0 Å². The maximum absolute atomic E-state index is 11.7. The number of guanidine groups is 1. The lowest BCUT2D eigenvalue weighted by Crippen LogP contribution is -2.46. The second-order valence-electron chi connectivity index (χ2n) is 6.46. The lowest BCUT2D eigenvalue weighted by atomic mass is 9.86. The van der Waals surface area contributed by atoms with Gasteiger partial charge in [0.1, 0.15) is 0 Å². The molecule has 0 aromatic heterocycles. The Morgan fingerprint density at radius 3 is 2.46 bits per heavy atom. The van der Waals surface area contributed by atoms with Gasteiger partial charge in [-0.2, -0.15) is 0 Å². The van der Waals surface area contributed by atoms with E-state index in [1.54, 1.807) is 7.05 Å². The number of aliphatic imine (C=N–C) groups is 1. The SMILES string of the molecule is CCOC(=O)C1CCC(NC(=NC)NCCOCC2CC2)CC1.I. The number of rotatable bonds is 8. The third-order valence-electron chi connectivity index (χ3n) is 4.50. The summed E-state index contributed by atoms with van der Waals surface area (Å²) in [7, 11) is 1.78. The van der Waals surface area contributed by atoms with E-state index in [2.05, 4.69) is 15.6 Å². The first-order chi connectivity index (χ1) is 11.2. The molecular weight excluding hydrogens is 421 g/mol. The van der Waals surface area contributed by atoms with E-state index >= 15 is 0 Å². The van der Waals surface area contributed by atoms with Gasteiger partial charge in [0, 0.05) is 26.2 Å². The van der Waals surface area contributed by atoms with Crippen molar-refractivity contribution in [2.45, 2.75) is 51.5 Å². The summed E-state index contributed by atoms with van der Waals surface area (Å²) in [4.78, 5) is 16.0. The summed E-state index contributed by atoms with van der Waals surface area (Å²) in [6, 6.07) is 0.374. The molecule has 2 saturated carbocycles. The van der Waals surface area contributed by atoms with Gasteiger partial charge in [-0.1, -0.05) is 0 Å². The van der Waals surface area contributed by atoms with Gasteiger partial charge in [-0.05, 0) is 51.4 Å². The smallest absolute Gasteiger partial charge is 0.308 e. The Labute approximate surface area is 162 Å². The molecule has 0 aromatic rings. The summed E-state index contributed by atoms with van der Waals surface area (Å²) in [6.45, 7) is 4.70. The topological polar surface area (TPSA) is 72.0 Å². The van der Waals surface area contributed by atoms with E-state index in [-0.39, 0.29) is 35.9 Å². The minimum Gasteiger partial charge on any atom is -0.466 e. The minimum atomic E-state index is -0.0405. The molecule has 0 radical (unpaired) electrons. The van der Waals surface area contributed by atoms with Crippen molar-refractivity contribution in [1.29, 1.82) is 0 Å². The van der Waals surface area contributed by atoms with E-state index in [0.717, 1.165) is 50.7 Å². The van der Waals surface area contributed by atoms with Gasteiger partial charge in [-0.3, -0.25) is 9.79 Å². The monoisotopic (exact) mass is 453 g/mol. The van der Waals surface area contributed by atoms with Gasteiger partial charge in [0.2, 0.25) is 0 Å². The zero-order chi connectivity index (χ0) is 16.5. The summed E-state index contributed by atoms with van der Waals surface area (Å²) in [5.74, 6) is 1.65. The Morgan fingerprint density at radius 2 is 1.88 bits per heavy atom. The van der Waals surface area contributed by atoms with Crippen LogP contribution in [0.3, 0.4) is 0 Å². The molecule has 140 valence electrons. The third-order valence-corrected chi connectivity index (χ3v) is 4.50. The van der Waals surface area contributed by atoms with Crippen molar-refractivity contribution in [2.24, 2.45) is 16.8 Å². The van der Waals surface area contributed by atoms with Crippen LogP contribution in [0.5, 0.6) is 0 Å². The molecule has 0 amide bonds. The highest BCUT2D eigenvalue weighted by molar-refractivity contribution is 14.0. The standard InChI is InChI=1S/C17H31N3O3.HI/c1-3-23-16(21)14-6-8-15(9-7-14)20-17(18-2)19-10-11-22-12-13-4-5-13;/h13-15H,3-12H2,1-2H3,(H2,18,19,20);1H. The third kappa shape index (κ3) is 8.00. The van der Waals surface area contributed by atoms with E-state index in [1.807, 2.05) is 6.92 Å². The number of hydrogen-bond acceptors (Lipinski definition) is 4. The van der Waals surface area contributed by atoms with E-state index in [9.17, 15) is 4.79 Å². The molecule has 0 heterocycles. The molecule has 2 fully saturated rings. The number of hydrogen-bond donors (Lipinski definition) is 2. The lowest BCUT2D eigenvalue weighted by Gasteiger charge is -2.29. The van der Waals surface area contributed by atoms with Crippen molar-refractivity contribution in [3.05, 3.63) is 0 Å². The number of carbonyl (C=O) groups is 1. The highest BCUT2D eigenvalue weighted by Gasteiger charge is 2.27. The molecule has 0 spiro atoms. The van der Waals surface area contributed by atoms with Crippen LogP contribution in [0, 0.1) is 11.8 Å². The molecule has 0 unspecified atom stereocenters. The molecule has 2 aliphatic carbocycles. The van der Waals surface area contributed by atoms with Crippen molar-refractivity contribution in [3.63, 3.8) is 0 Å². The van der Waals surface area contributed by atoms with E-state index in [1.165, 1.54) is 12.8 Å². The van der Waals surface area contributed by atoms with Crippen molar-refractivity contribution in [1.82, 2.24) is 10.6 Å². The molecule has 6 nitrogen and oxygen atoms in total. The molecule has 0 atom stereocenters. The molecule has 2 N–H and O–H groups in total. The van der Waals surface area contributed by atoms with Crippen molar-refractivity contribution >= 4 is 35.9 Å². The van der Waals surface area contributed by atoms with E-state index in [0.29, 0.717) is 19.3 Å². The quantitative estimate of drug-likeness (QED) is 0.194. The first-order valence-electron chi connectivity index (χ1n) is 8.94. The Hall–Kier alpha value is -0.570. The van der Waals surface area contributed by atoms with Crippen LogP contribution in [0.2, 0.25) is 0 Å². The van der Waals surface area contributed by atoms with Crippen LogP contribution in [-0.4, -0.2) is 51.4 Å². The number of halogens is 1. The first-order valence-corrected chi connectivity index (χ1v) is 8.94. The molecule has 0 bridgehead atoms. The summed E-state index contributed by atoms with van der Waals surface area (Å²) in [5.41, 5.74) is 0.